The second-order valence-electron chi connectivity index (χ2n) is 6.44. The van der Waals surface area contributed by atoms with Crippen LogP contribution >= 0.6 is 0 Å². The van der Waals surface area contributed by atoms with Gasteiger partial charge in [-0.15, -0.1) is 0 Å². The Hall–Kier alpha value is -2.18. The number of carbonyl (C=O) groups is 2. The molecule has 0 radical (unpaired) electrons. The molecule has 0 saturated heterocycles. The average molecular weight is 343 g/mol. The molecule has 0 aromatic heterocycles. The van der Waals surface area contributed by atoms with Crippen molar-refractivity contribution >= 4 is 12.1 Å². The van der Waals surface area contributed by atoms with Gasteiger partial charge in [0.25, 0.3) is 5.92 Å². The second-order valence-corrected chi connectivity index (χ2v) is 6.44. The molecule has 0 fully saturated rings. The first-order chi connectivity index (χ1) is 11.0. The minimum Gasteiger partial charge on any atom is -0.467 e. The number of nitrogens with one attached hydrogen (secondary N) is 1. The number of hydrogen-bond acceptors (Lipinski definition) is 4. The first kappa shape index (κ1) is 19.9. The second kappa shape index (κ2) is 8.08. The highest BCUT2D eigenvalue weighted by Gasteiger charge is 2.37. The van der Waals surface area contributed by atoms with Crippen molar-refractivity contribution in [2.45, 2.75) is 51.2 Å². The third-order valence-electron chi connectivity index (χ3n) is 2.99. The summed E-state index contributed by atoms with van der Waals surface area (Å²) in [5.41, 5.74) is -0.375. The molecule has 1 rings (SSSR count). The van der Waals surface area contributed by atoms with Crippen LogP contribution < -0.4 is 5.32 Å². The van der Waals surface area contributed by atoms with Crippen LogP contribution in [0.3, 0.4) is 0 Å². The summed E-state index contributed by atoms with van der Waals surface area (Å²) in [6.07, 6.45) is -2.38. The fraction of sp³-hybridized carbons (Fsp3) is 0.529. The minimum atomic E-state index is -3.20. The van der Waals surface area contributed by atoms with Gasteiger partial charge in [-0.3, -0.25) is 0 Å². The first-order valence-electron chi connectivity index (χ1n) is 7.51. The molecule has 5 nitrogen and oxygen atoms in total. The number of alkyl carbamates (subject to hydrolysis) is 1. The van der Waals surface area contributed by atoms with Crippen LogP contribution in [0.1, 0.15) is 32.8 Å². The number of halogens is 2. The van der Waals surface area contributed by atoms with E-state index in [9.17, 15) is 18.4 Å². The lowest BCUT2D eigenvalue weighted by atomic mass is 10.0. The molecule has 1 atom stereocenters. The van der Waals surface area contributed by atoms with Crippen molar-refractivity contribution in [1.82, 2.24) is 5.32 Å². The van der Waals surface area contributed by atoms with Gasteiger partial charge in [-0.1, -0.05) is 30.3 Å². The fourth-order valence-corrected chi connectivity index (χ4v) is 2.05. The lowest BCUT2D eigenvalue weighted by Gasteiger charge is -2.25. The van der Waals surface area contributed by atoms with Crippen molar-refractivity contribution in [3.05, 3.63) is 35.9 Å². The highest BCUT2D eigenvalue weighted by molar-refractivity contribution is 5.81. The molecule has 7 heteroatoms. The summed E-state index contributed by atoms with van der Waals surface area (Å²) in [5.74, 6) is -4.15. The van der Waals surface area contributed by atoms with Crippen LogP contribution in [0.5, 0.6) is 0 Å². The van der Waals surface area contributed by atoms with Crippen LogP contribution in [-0.4, -0.2) is 36.7 Å². The maximum atomic E-state index is 14.2. The Kier molecular flexibility index (Phi) is 6.69. The number of alkyl halides is 2. The number of rotatable bonds is 6. The van der Waals surface area contributed by atoms with Gasteiger partial charge in [0.1, 0.15) is 11.6 Å². The van der Waals surface area contributed by atoms with E-state index in [0.717, 1.165) is 7.11 Å². The van der Waals surface area contributed by atoms with E-state index in [2.05, 4.69) is 10.1 Å². The van der Waals surface area contributed by atoms with Crippen molar-refractivity contribution in [3.63, 3.8) is 0 Å². The summed E-state index contributed by atoms with van der Waals surface area (Å²) < 4.78 is 38.0. The summed E-state index contributed by atoms with van der Waals surface area (Å²) in [6.45, 7) is 4.89. The highest BCUT2D eigenvalue weighted by Crippen LogP contribution is 2.26. The molecule has 0 heterocycles. The Morgan fingerprint density at radius 2 is 1.75 bits per heavy atom. The fourth-order valence-electron chi connectivity index (χ4n) is 2.05. The first-order valence-corrected chi connectivity index (χ1v) is 7.51. The van der Waals surface area contributed by atoms with Crippen LogP contribution in [0.4, 0.5) is 13.6 Å². The molecule has 0 aliphatic heterocycles. The van der Waals surface area contributed by atoms with Crippen molar-refractivity contribution in [1.29, 1.82) is 0 Å². The van der Waals surface area contributed by atoms with Crippen LogP contribution in [0.2, 0.25) is 0 Å². The molecule has 134 valence electrons. The third-order valence-corrected chi connectivity index (χ3v) is 2.99. The van der Waals surface area contributed by atoms with E-state index in [4.69, 9.17) is 4.74 Å². The SMILES string of the molecule is COC(=O)[C@H](CC(F)(F)Cc1ccccc1)NC(=O)OC(C)(C)C. The lowest BCUT2D eigenvalue weighted by Crippen LogP contribution is -2.47. The quantitative estimate of drug-likeness (QED) is 0.805. The van der Waals surface area contributed by atoms with Crippen molar-refractivity contribution < 1.29 is 27.8 Å². The number of benzene rings is 1. The van der Waals surface area contributed by atoms with Gasteiger partial charge in [0.15, 0.2) is 0 Å². The maximum Gasteiger partial charge on any atom is 0.408 e. The van der Waals surface area contributed by atoms with E-state index < -0.39 is 42.5 Å². The average Bonchev–Trinajstić information content (AvgIpc) is 2.44. The number of carbonyl (C=O) groups excluding carboxylic acids is 2. The summed E-state index contributed by atoms with van der Waals surface area (Å²) in [5, 5.41) is 2.15. The number of methoxy groups -OCH3 is 1. The zero-order chi connectivity index (χ0) is 18.4. The molecule has 1 aromatic carbocycles. The van der Waals surface area contributed by atoms with Gasteiger partial charge in [-0.05, 0) is 26.3 Å². The molecule has 24 heavy (non-hydrogen) atoms. The number of amides is 1. The number of hydrogen-bond donors (Lipinski definition) is 1. The van der Waals surface area contributed by atoms with E-state index in [-0.39, 0.29) is 0 Å². The standard InChI is InChI=1S/C17H23F2NO4/c1-16(2,3)24-15(22)20-13(14(21)23-4)11-17(18,19)10-12-8-6-5-7-9-12/h5-9,13H,10-11H2,1-4H3,(H,20,22)/t13-/m0/s1. The molecule has 1 aromatic rings. The van der Waals surface area contributed by atoms with Gasteiger partial charge >= 0.3 is 12.1 Å². The molecular formula is C17H23F2NO4. The number of ether oxygens (including phenoxy) is 2. The molecule has 0 spiro atoms. The van der Waals surface area contributed by atoms with Gasteiger partial charge in [-0.2, -0.15) is 0 Å². The van der Waals surface area contributed by atoms with Crippen LogP contribution in [0.15, 0.2) is 30.3 Å². The molecule has 0 bridgehead atoms. The van der Waals surface area contributed by atoms with Gasteiger partial charge in [0.05, 0.1) is 7.11 Å². The Morgan fingerprint density at radius 1 is 1.17 bits per heavy atom. The molecule has 1 amide bonds. The summed E-state index contributed by atoms with van der Waals surface area (Å²) in [4.78, 5) is 23.5. The maximum absolute atomic E-state index is 14.2. The molecule has 0 aliphatic carbocycles. The Balaban J connectivity index is 2.77. The zero-order valence-corrected chi connectivity index (χ0v) is 14.3. The summed E-state index contributed by atoms with van der Waals surface area (Å²) in [6, 6.07) is 6.68. The van der Waals surface area contributed by atoms with Gasteiger partial charge < -0.3 is 14.8 Å². The molecule has 1 N–H and O–H groups in total. The molecule has 0 aliphatic rings. The summed E-state index contributed by atoms with van der Waals surface area (Å²) in [7, 11) is 1.07. The smallest absolute Gasteiger partial charge is 0.408 e. The normalized spacial score (nSPS) is 13.1. The van der Waals surface area contributed by atoms with E-state index in [1.165, 1.54) is 0 Å². The van der Waals surface area contributed by atoms with Crippen molar-refractivity contribution in [2.24, 2.45) is 0 Å². The van der Waals surface area contributed by atoms with Crippen LogP contribution in [0.25, 0.3) is 0 Å². The molecular weight excluding hydrogens is 320 g/mol. The predicted octanol–water partition coefficient (Wildman–Crippen LogP) is 3.32. The van der Waals surface area contributed by atoms with E-state index in [1.807, 2.05) is 0 Å². The van der Waals surface area contributed by atoms with Crippen LogP contribution in [0, 0.1) is 0 Å². The monoisotopic (exact) mass is 343 g/mol. The van der Waals surface area contributed by atoms with Gasteiger partial charge in [-0.25, -0.2) is 18.4 Å². The zero-order valence-electron chi connectivity index (χ0n) is 14.3. The Morgan fingerprint density at radius 3 is 2.25 bits per heavy atom. The largest absolute Gasteiger partial charge is 0.467 e. The van der Waals surface area contributed by atoms with Crippen molar-refractivity contribution in [3.8, 4) is 0 Å². The van der Waals surface area contributed by atoms with E-state index >= 15 is 0 Å². The van der Waals surface area contributed by atoms with Gasteiger partial charge in [0.2, 0.25) is 0 Å². The Bertz CT molecular complexity index is 555. The van der Waals surface area contributed by atoms with Crippen LogP contribution in [-0.2, 0) is 20.7 Å². The predicted molar refractivity (Wildman–Crippen MR) is 84.9 cm³/mol. The van der Waals surface area contributed by atoms with Gasteiger partial charge in [0, 0.05) is 12.8 Å². The lowest BCUT2D eigenvalue weighted by molar-refractivity contribution is -0.146. The van der Waals surface area contributed by atoms with Crippen molar-refractivity contribution in [2.75, 3.05) is 7.11 Å². The highest BCUT2D eigenvalue weighted by atomic mass is 19.3. The topological polar surface area (TPSA) is 64.6 Å². The third kappa shape index (κ3) is 7.39. The number of esters is 1. The van der Waals surface area contributed by atoms with E-state index in [1.54, 1.807) is 51.1 Å². The molecule has 0 unspecified atom stereocenters. The van der Waals surface area contributed by atoms with E-state index in [0.29, 0.717) is 5.56 Å². The summed E-state index contributed by atoms with van der Waals surface area (Å²) >= 11 is 0. The minimum absolute atomic E-state index is 0.434. The Labute approximate surface area is 140 Å². The molecule has 0 saturated carbocycles.